The van der Waals surface area contributed by atoms with Gasteiger partial charge in [-0.05, 0) is 30.2 Å². The first-order chi connectivity index (χ1) is 13.0. The van der Waals surface area contributed by atoms with Crippen LogP contribution in [-0.4, -0.2) is 30.4 Å². The van der Waals surface area contributed by atoms with Gasteiger partial charge in [-0.1, -0.05) is 44.2 Å². The first kappa shape index (κ1) is 18.7. The minimum atomic E-state index is -0.521. The number of ether oxygens (including phenoxy) is 1. The minimum absolute atomic E-state index is 0.217. The molecule has 0 fully saturated rings. The highest BCUT2D eigenvalue weighted by Gasteiger charge is 2.24. The van der Waals surface area contributed by atoms with Gasteiger partial charge in [0.2, 0.25) is 0 Å². The van der Waals surface area contributed by atoms with Crippen LogP contribution in [0.2, 0.25) is 0 Å². The number of methoxy groups -OCH3 is 1. The number of carbonyl (C=O) groups is 2. The molecule has 0 radical (unpaired) electrons. The number of rotatable bonds is 6. The third-order valence-electron chi connectivity index (χ3n) is 4.26. The van der Waals surface area contributed by atoms with Crippen LogP contribution in [0.15, 0.2) is 59.0 Å². The lowest BCUT2D eigenvalue weighted by Gasteiger charge is -2.24. The van der Waals surface area contributed by atoms with Crippen LogP contribution < -0.4 is 0 Å². The van der Waals surface area contributed by atoms with E-state index < -0.39 is 5.97 Å². The van der Waals surface area contributed by atoms with Crippen molar-refractivity contribution in [3.8, 4) is 0 Å². The zero-order valence-electron chi connectivity index (χ0n) is 15.8. The molecule has 1 amide bonds. The molecule has 0 spiro atoms. The van der Waals surface area contributed by atoms with Crippen LogP contribution in [0, 0.1) is 5.92 Å². The number of benzene rings is 2. The van der Waals surface area contributed by atoms with Gasteiger partial charge in [0.25, 0.3) is 5.91 Å². The Hall–Kier alpha value is -3.08. The molecule has 0 N–H and O–H groups in total. The SMILES string of the molecule is COC(=O)c1ccccc1C(=O)N(Cc1cc2ccccc2o1)CC(C)C. The Morgan fingerprint density at radius 2 is 1.70 bits per heavy atom. The van der Waals surface area contributed by atoms with Crippen LogP contribution in [0.5, 0.6) is 0 Å². The lowest BCUT2D eigenvalue weighted by Crippen LogP contribution is -2.34. The fraction of sp³-hybridized carbons (Fsp3) is 0.273. The van der Waals surface area contributed by atoms with Gasteiger partial charge in [0.1, 0.15) is 11.3 Å². The minimum Gasteiger partial charge on any atom is -0.465 e. The topological polar surface area (TPSA) is 59.8 Å². The second-order valence-electron chi connectivity index (χ2n) is 6.87. The molecule has 1 heterocycles. The second kappa shape index (κ2) is 8.08. The lowest BCUT2D eigenvalue weighted by atomic mass is 10.1. The van der Waals surface area contributed by atoms with Crippen molar-refractivity contribution in [3.05, 3.63) is 71.5 Å². The third-order valence-corrected chi connectivity index (χ3v) is 4.26. The summed E-state index contributed by atoms with van der Waals surface area (Å²) < 4.78 is 10.7. The van der Waals surface area contributed by atoms with Crippen molar-refractivity contribution < 1.29 is 18.7 Å². The Labute approximate surface area is 158 Å². The predicted octanol–water partition coefficient (Wildman–Crippen LogP) is 4.52. The number of fused-ring (bicyclic) bond motifs is 1. The molecule has 0 bridgehead atoms. The number of furan rings is 1. The van der Waals surface area contributed by atoms with E-state index in [9.17, 15) is 9.59 Å². The van der Waals surface area contributed by atoms with E-state index in [-0.39, 0.29) is 17.4 Å². The van der Waals surface area contributed by atoms with Gasteiger partial charge >= 0.3 is 5.97 Å². The number of para-hydroxylation sites is 1. The Bertz CT molecular complexity index is 925. The molecule has 27 heavy (non-hydrogen) atoms. The van der Waals surface area contributed by atoms with Crippen LogP contribution >= 0.6 is 0 Å². The molecule has 0 atom stereocenters. The van der Waals surface area contributed by atoms with Gasteiger partial charge in [-0.25, -0.2) is 4.79 Å². The highest BCUT2D eigenvalue weighted by Crippen LogP contribution is 2.22. The van der Waals surface area contributed by atoms with Crippen LogP contribution in [0.25, 0.3) is 11.0 Å². The van der Waals surface area contributed by atoms with Gasteiger partial charge in [-0.3, -0.25) is 4.79 Å². The normalized spacial score (nSPS) is 11.0. The van der Waals surface area contributed by atoms with Crippen molar-refractivity contribution in [2.24, 2.45) is 5.92 Å². The summed E-state index contributed by atoms with van der Waals surface area (Å²) in [7, 11) is 1.31. The van der Waals surface area contributed by atoms with Crippen LogP contribution in [0.3, 0.4) is 0 Å². The Morgan fingerprint density at radius 3 is 2.37 bits per heavy atom. The molecule has 5 nitrogen and oxygen atoms in total. The maximum atomic E-state index is 13.2. The monoisotopic (exact) mass is 365 g/mol. The largest absolute Gasteiger partial charge is 0.465 e. The van der Waals surface area contributed by atoms with Crippen molar-refractivity contribution in [2.75, 3.05) is 13.7 Å². The van der Waals surface area contributed by atoms with Crippen LogP contribution in [-0.2, 0) is 11.3 Å². The molecule has 3 rings (SSSR count). The summed E-state index contributed by atoms with van der Waals surface area (Å²) in [5, 5.41) is 0.999. The second-order valence-corrected chi connectivity index (χ2v) is 6.87. The summed E-state index contributed by atoms with van der Waals surface area (Å²) in [6, 6.07) is 16.4. The molecular weight excluding hydrogens is 342 g/mol. The summed E-state index contributed by atoms with van der Waals surface area (Å²) in [5.41, 5.74) is 1.39. The van der Waals surface area contributed by atoms with E-state index in [0.717, 1.165) is 11.0 Å². The fourth-order valence-electron chi connectivity index (χ4n) is 3.09. The molecule has 1 aromatic heterocycles. The van der Waals surface area contributed by atoms with E-state index >= 15 is 0 Å². The van der Waals surface area contributed by atoms with Gasteiger partial charge in [0, 0.05) is 11.9 Å². The molecule has 0 saturated heterocycles. The van der Waals surface area contributed by atoms with Gasteiger partial charge < -0.3 is 14.1 Å². The quantitative estimate of drug-likeness (QED) is 0.603. The molecule has 0 saturated carbocycles. The number of hydrogen-bond acceptors (Lipinski definition) is 4. The Balaban J connectivity index is 1.92. The number of nitrogens with zero attached hydrogens (tertiary/aromatic N) is 1. The number of esters is 1. The number of hydrogen-bond donors (Lipinski definition) is 0. The van der Waals surface area contributed by atoms with Crippen LogP contribution in [0.1, 0.15) is 40.3 Å². The molecule has 3 aromatic rings. The highest BCUT2D eigenvalue weighted by molar-refractivity contribution is 6.05. The predicted molar refractivity (Wildman–Crippen MR) is 104 cm³/mol. The molecule has 0 aliphatic carbocycles. The van der Waals surface area contributed by atoms with Gasteiger partial charge in [0.05, 0.1) is 24.8 Å². The van der Waals surface area contributed by atoms with Crippen molar-refractivity contribution in [1.82, 2.24) is 4.90 Å². The maximum absolute atomic E-state index is 13.2. The Kier molecular flexibility index (Phi) is 5.60. The van der Waals surface area contributed by atoms with E-state index in [4.69, 9.17) is 9.15 Å². The standard InChI is InChI=1S/C22H23NO4/c1-15(2)13-23(14-17-12-16-8-4-7-11-20(16)27-17)21(24)18-9-5-6-10-19(18)22(25)26-3/h4-12,15H,13-14H2,1-3H3. The van der Waals surface area contributed by atoms with Gasteiger partial charge in [-0.2, -0.15) is 0 Å². The first-order valence-corrected chi connectivity index (χ1v) is 8.93. The van der Waals surface area contributed by atoms with Gasteiger partial charge in [0.15, 0.2) is 0 Å². The molecule has 140 valence electrons. The summed E-state index contributed by atoms with van der Waals surface area (Å²) in [6.07, 6.45) is 0. The van der Waals surface area contributed by atoms with E-state index in [2.05, 4.69) is 0 Å². The fourth-order valence-corrected chi connectivity index (χ4v) is 3.09. The van der Waals surface area contributed by atoms with Crippen molar-refractivity contribution in [1.29, 1.82) is 0 Å². The maximum Gasteiger partial charge on any atom is 0.338 e. The van der Waals surface area contributed by atoms with Crippen LogP contribution in [0.4, 0.5) is 0 Å². The summed E-state index contributed by atoms with van der Waals surface area (Å²) in [6.45, 7) is 4.98. The number of amides is 1. The highest BCUT2D eigenvalue weighted by atomic mass is 16.5. The molecule has 2 aromatic carbocycles. The van der Waals surface area contributed by atoms with Crippen molar-refractivity contribution >= 4 is 22.8 Å². The average Bonchev–Trinajstić information content (AvgIpc) is 3.08. The molecule has 5 heteroatoms. The lowest BCUT2D eigenvalue weighted by molar-refractivity contribution is 0.0586. The van der Waals surface area contributed by atoms with E-state index in [0.29, 0.717) is 24.4 Å². The summed E-state index contributed by atoms with van der Waals surface area (Å²) in [5.74, 6) is 0.238. The van der Waals surface area contributed by atoms with E-state index in [1.807, 2.05) is 44.2 Å². The zero-order valence-corrected chi connectivity index (χ0v) is 15.8. The first-order valence-electron chi connectivity index (χ1n) is 8.93. The molecule has 0 aliphatic heterocycles. The number of carbonyl (C=O) groups excluding carboxylic acids is 2. The molecular formula is C22H23NO4. The Morgan fingerprint density at radius 1 is 1.04 bits per heavy atom. The summed E-state index contributed by atoms with van der Waals surface area (Å²) >= 11 is 0. The van der Waals surface area contributed by atoms with Crippen molar-refractivity contribution in [3.63, 3.8) is 0 Å². The zero-order chi connectivity index (χ0) is 19.4. The smallest absolute Gasteiger partial charge is 0.338 e. The third kappa shape index (κ3) is 4.19. The molecule has 0 aliphatic rings. The van der Waals surface area contributed by atoms with Crippen molar-refractivity contribution in [2.45, 2.75) is 20.4 Å². The summed E-state index contributed by atoms with van der Waals surface area (Å²) in [4.78, 5) is 27.0. The van der Waals surface area contributed by atoms with E-state index in [1.54, 1.807) is 29.2 Å². The van der Waals surface area contributed by atoms with Gasteiger partial charge in [-0.15, -0.1) is 0 Å². The van der Waals surface area contributed by atoms with E-state index in [1.165, 1.54) is 7.11 Å². The molecule has 0 unspecified atom stereocenters. The average molecular weight is 365 g/mol.